The van der Waals surface area contributed by atoms with Crippen molar-refractivity contribution in [1.82, 2.24) is 15.1 Å². The monoisotopic (exact) mass is 326 g/mol. The minimum Gasteiger partial charge on any atom is -0.378 e. The van der Waals surface area contributed by atoms with Gasteiger partial charge in [0.15, 0.2) is 5.96 Å². The van der Waals surface area contributed by atoms with Crippen molar-refractivity contribution < 1.29 is 4.74 Å². The van der Waals surface area contributed by atoms with Gasteiger partial charge < -0.3 is 15.0 Å². The second kappa shape index (κ2) is 10.9. The van der Waals surface area contributed by atoms with E-state index in [0.29, 0.717) is 18.2 Å². The van der Waals surface area contributed by atoms with Gasteiger partial charge in [-0.2, -0.15) is 0 Å². The summed E-state index contributed by atoms with van der Waals surface area (Å²) >= 11 is 0. The number of guanidine groups is 1. The average Bonchev–Trinajstić information content (AvgIpc) is 2.51. The second-order valence-electron chi connectivity index (χ2n) is 6.80. The summed E-state index contributed by atoms with van der Waals surface area (Å²) in [5.41, 5.74) is 0. The fourth-order valence-corrected chi connectivity index (χ4v) is 3.28. The Kier molecular flexibility index (Phi) is 9.56. The number of ether oxygens (including phenoxy) is 1. The van der Waals surface area contributed by atoms with Crippen molar-refractivity contribution in [2.45, 2.75) is 72.6 Å². The van der Waals surface area contributed by atoms with Gasteiger partial charge in [-0.1, -0.05) is 0 Å². The molecule has 0 radical (unpaired) electrons. The highest BCUT2D eigenvalue weighted by Crippen LogP contribution is 2.13. The molecule has 1 N–H and O–H groups in total. The maximum absolute atomic E-state index is 5.74. The van der Waals surface area contributed by atoms with Gasteiger partial charge in [0.2, 0.25) is 0 Å². The van der Waals surface area contributed by atoms with E-state index in [1.54, 1.807) is 0 Å². The number of piperidine rings is 1. The van der Waals surface area contributed by atoms with Gasteiger partial charge in [0.25, 0.3) is 0 Å². The Hall–Kier alpha value is -0.810. The molecule has 0 unspecified atom stereocenters. The van der Waals surface area contributed by atoms with Gasteiger partial charge in [0, 0.05) is 44.9 Å². The Morgan fingerprint density at radius 2 is 1.78 bits per heavy atom. The zero-order valence-electron chi connectivity index (χ0n) is 16.1. The van der Waals surface area contributed by atoms with Crippen LogP contribution < -0.4 is 5.32 Å². The molecule has 0 saturated carbocycles. The Morgan fingerprint density at radius 3 is 2.26 bits per heavy atom. The highest BCUT2D eigenvalue weighted by atomic mass is 16.5. The standard InChI is InChI=1S/C18H38N4O/c1-7-19-18(20-11-14-22(15(3)4)16(5)6)21-12-9-17(10-13-21)23-8-2/h15-17H,7-14H2,1-6H3,(H,19,20). The third-order valence-electron chi connectivity index (χ3n) is 4.43. The molecule has 5 heteroatoms. The summed E-state index contributed by atoms with van der Waals surface area (Å²) in [5, 5.41) is 3.45. The lowest BCUT2D eigenvalue weighted by atomic mass is 10.1. The molecule has 1 aliphatic heterocycles. The van der Waals surface area contributed by atoms with E-state index in [1.165, 1.54) is 0 Å². The first-order valence-corrected chi connectivity index (χ1v) is 9.40. The molecule has 0 aliphatic carbocycles. The predicted octanol–water partition coefficient (Wildman–Crippen LogP) is 2.57. The number of rotatable bonds is 8. The number of aliphatic imine (C=N–C) groups is 1. The smallest absolute Gasteiger partial charge is 0.193 e. The van der Waals surface area contributed by atoms with E-state index in [2.05, 4.69) is 56.7 Å². The highest BCUT2D eigenvalue weighted by molar-refractivity contribution is 5.80. The van der Waals surface area contributed by atoms with Gasteiger partial charge in [-0.15, -0.1) is 0 Å². The van der Waals surface area contributed by atoms with Crippen molar-refractivity contribution in [3.8, 4) is 0 Å². The zero-order valence-corrected chi connectivity index (χ0v) is 16.1. The van der Waals surface area contributed by atoms with Gasteiger partial charge in [0.1, 0.15) is 0 Å². The van der Waals surface area contributed by atoms with Crippen LogP contribution in [0.25, 0.3) is 0 Å². The van der Waals surface area contributed by atoms with Gasteiger partial charge in [-0.25, -0.2) is 0 Å². The third kappa shape index (κ3) is 7.08. The molecule has 1 fully saturated rings. The van der Waals surface area contributed by atoms with E-state index in [-0.39, 0.29) is 0 Å². The minimum atomic E-state index is 0.427. The van der Waals surface area contributed by atoms with Crippen molar-refractivity contribution in [2.75, 3.05) is 39.3 Å². The molecule has 1 rings (SSSR count). The van der Waals surface area contributed by atoms with E-state index >= 15 is 0 Å². The normalized spacial score (nSPS) is 17.6. The molecule has 1 aliphatic rings. The molecule has 1 heterocycles. The van der Waals surface area contributed by atoms with Crippen molar-refractivity contribution in [3.63, 3.8) is 0 Å². The van der Waals surface area contributed by atoms with Crippen LogP contribution in [0.5, 0.6) is 0 Å². The summed E-state index contributed by atoms with van der Waals surface area (Å²) < 4.78 is 5.74. The highest BCUT2D eigenvalue weighted by Gasteiger charge is 2.21. The molecule has 1 saturated heterocycles. The summed E-state index contributed by atoms with van der Waals surface area (Å²) in [5.74, 6) is 1.06. The summed E-state index contributed by atoms with van der Waals surface area (Å²) in [6.45, 7) is 18.9. The number of likely N-dealkylation sites (tertiary alicyclic amines) is 1. The van der Waals surface area contributed by atoms with Crippen LogP contribution in [0, 0.1) is 0 Å². The number of nitrogens with one attached hydrogen (secondary N) is 1. The molecule has 0 spiro atoms. The topological polar surface area (TPSA) is 40.1 Å². The van der Waals surface area contributed by atoms with Crippen LogP contribution in [-0.4, -0.2) is 73.3 Å². The van der Waals surface area contributed by atoms with E-state index in [4.69, 9.17) is 9.73 Å². The number of hydrogen-bond acceptors (Lipinski definition) is 3. The Bertz CT molecular complexity index is 328. The number of nitrogens with zero attached hydrogens (tertiary/aromatic N) is 3. The van der Waals surface area contributed by atoms with Gasteiger partial charge in [-0.3, -0.25) is 9.89 Å². The van der Waals surface area contributed by atoms with E-state index < -0.39 is 0 Å². The Morgan fingerprint density at radius 1 is 1.17 bits per heavy atom. The second-order valence-corrected chi connectivity index (χ2v) is 6.80. The predicted molar refractivity (Wildman–Crippen MR) is 99.2 cm³/mol. The minimum absolute atomic E-state index is 0.427. The first-order chi connectivity index (χ1) is 11.0. The van der Waals surface area contributed by atoms with Crippen molar-refractivity contribution in [1.29, 1.82) is 0 Å². The first kappa shape index (κ1) is 20.2. The molecule has 0 aromatic heterocycles. The van der Waals surface area contributed by atoms with E-state index in [9.17, 15) is 0 Å². The largest absolute Gasteiger partial charge is 0.378 e. The van der Waals surface area contributed by atoms with Gasteiger partial charge in [0.05, 0.1) is 12.6 Å². The van der Waals surface area contributed by atoms with Gasteiger partial charge >= 0.3 is 0 Å². The summed E-state index contributed by atoms with van der Waals surface area (Å²) in [6, 6.07) is 1.13. The number of hydrogen-bond donors (Lipinski definition) is 1. The van der Waals surface area contributed by atoms with E-state index in [1.807, 2.05) is 0 Å². The van der Waals surface area contributed by atoms with Crippen LogP contribution >= 0.6 is 0 Å². The molecule has 0 atom stereocenters. The third-order valence-corrected chi connectivity index (χ3v) is 4.43. The van der Waals surface area contributed by atoms with Crippen LogP contribution in [0.15, 0.2) is 4.99 Å². The van der Waals surface area contributed by atoms with E-state index in [0.717, 1.165) is 58.1 Å². The quantitative estimate of drug-likeness (QED) is 0.550. The molecular formula is C18H38N4O. The zero-order chi connectivity index (χ0) is 17.2. The van der Waals surface area contributed by atoms with Crippen LogP contribution in [0.2, 0.25) is 0 Å². The summed E-state index contributed by atoms with van der Waals surface area (Å²) in [7, 11) is 0. The van der Waals surface area contributed by atoms with Crippen LogP contribution in [0.4, 0.5) is 0 Å². The molecule has 23 heavy (non-hydrogen) atoms. The SMILES string of the molecule is CCNC(=NCCN(C(C)C)C(C)C)N1CCC(OCC)CC1. The van der Waals surface area contributed by atoms with Gasteiger partial charge in [-0.05, 0) is 54.4 Å². The maximum Gasteiger partial charge on any atom is 0.193 e. The van der Waals surface area contributed by atoms with Crippen LogP contribution in [0.1, 0.15) is 54.4 Å². The Labute approximate surface area is 143 Å². The first-order valence-electron chi connectivity index (χ1n) is 9.40. The lowest BCUT2D eigenvalue weighted by Gasteiger charge is -2.34. The molecule has 0 aromatic rings. The summed E-state index contributed by atoms with van der Waals surface area (Å²) in [6.07, 6.45) is 2.63. The molecule has 0 amide bonds. The molecule has 0 bridgehead atoms. The average molecular weight is 327 g/mol. The fraction of sp³-hybridized carbons (Fsp3) is 0.944. The van der Waals surface area contributed by atoms with Crippen molar-refractivity contribution in [2.24, 2.45) is 4.99 Å². The molecule has 0 aromatic carbocycles. The molecule has 5 nitrogen and oxygen atoms in total. The van der Waals surface area contributed by atoms with Crippen LogP contribution in [-0.2, 0) is 4.74 Å². The van der Waals surface area contributed by atoms with Crippen molar-refractivity contribution >= 4 is 5.96 Å². The maximum atomic E-state index is 5.74. The fourth-order valence-electron chi connectivity index (χ4n) is 3.28. The van der Waals surface area contributed by atoms with Crippen molar-refractivity contribution in [3.05, 3.63) is 0 Å². The lowest BCUT2D eigenvalue weighted by molar-refractivity contribution is 0.0263. The Balaban J connectivity index is 2.53. The lowest BCUT2D eigenvalue weighted by Crippen LogP contribution is -2.47. The molecule has 136 valence electrons. The molecular weight excluding hydrogens is 288 g/mol. The summed E-state index contributed by atoms with van der Waals surface area (Å²) in [4.78, 5) is 9.74. The van der Waals surface area contributed by atoms with Crippen LogP contribution in [0.3, 0.4) is 0 Å².